The average Bonchev–Trinajstić information content (AvgIpc) is 3.55. The molecule has 1 saturated carbocycles. The van der Waals surface area contributed by atoms with Crippen LogP contribution in [0.25, 0.3) is 11.0 Å². The molecular formula is C22H25FN6O2. The van der Waals surface area contributed by atoms with Crippen molar-refractivity contribution in [1.29, 1.82) is 0 Å². The van der Waals surface area contributed by atoms with Crippen LogP contribution in [0.1, 0.15) is 37.0 Å². The number of benzene rings is 1. The fraction of sp³-hybridized carbons (Fsp3) is 0.364. The van der Waals surface area contributed by atoms with Crippen LogP contribution in [-0.2, 0) is 0 Å². The van der Waals surface area contributed by atoms with Crippen molar-refractivity contribution >= 4 is 34.1 Å². The zero-order valence-corrected chi connectivity index (χ0v) is 17.4. The molecule has 2 aromatic heterocycles. The third-order valence-electron chi connectivity index (χ3n) is 5.04. The molecule has 1 fully saturated rings. The highest BCUT2D eigenvalue weighted by molar-refractivity contribution is 6.00. The predicted octanol–water partition coefficient (Wildman–Crippen LogP) is 3.18. The van der Waals surface area contributed by atoms with E-state index in [0.29, 0.717) is 23.1 Å². The van der Waals surface area contributed by atoms with Crippen LogP contribution in [-0.4, -0.2) is 50.3 Å². The maximum atomic E-state index is 14.0. The van der Waals surface area contributed by atoms with E-state index in [-0.39, 0.29) is 6.54 Å². The molecule has 0 spiro atoms. The summed E-state index contributed by atoms with van der Waals surface area (Å²) in [6.07, 6.45) is 5.21. The molecule has 8 nitrogen and oxygen atoms in total. The van der Waals surface area contributed by atoms with Gasteiger partial charge in [0.05, 0.1) is 34.4 Å². The quantitative estimate of drug-likeness (QED) is 0.439. The van der Waals surface area contributed by atoms with E-state index in [1.807, 2.05) is 18.2 Å². The van der Waals surface area contributed by atoms with E-state index < -0.39 is 17.7 Å². The van der Waals surface area contributed by atoms with Crippen LogP contribution in [0, 0.1) is 0 Å². The molecule has 1 atom stereocenters. The van der Waals surface area contributed by atoms with Crippen LogP contribution in [0.2, 0.25) is 0 Å². The summed E-state index contributed by atoms with van der Waals surface area (Å²) in [5.41, 5.74) is 1.76. The Morgan fingerprint density at radius 1 is 1.19 bits per heavy atom. The van der Waals surface area contributed by atoms with Crippen molar-refractivity contribution in [2.45, 2.75) is 44.5 Å². The fourth-order valence-electron chi connectivity index (χ4n) is 2.99. The number of halogens is 1. The van der Waals surface area contributed by atoms with Crippen molar-refractivity contribution in [2.24, 2.45) is 0 Å². The van der Waals surface area contributed by atoms with Gasteiger partial charge in [-0.05, 0) is 44.9 Å². The summed E-state index contributed by atoms with van der Waals surface area (Å²) in [5, 5.41) is 18.8. The van der Waals surface area contributed by atoms with Gasteiger partial charge in [-0.3, -0.25) is 14.8 Å². The number of carbonyl (C=O) groups is 1. The lowest BCUT2D eigenvalue weighted by atomic mass is 10.0. The molecule has 2 heterocycles. The Morgan fingerprint density at radius 2 is 1.94 bits per heavy atom. The van der Waals surface area contributed by atoms with E-state index in [2.05, 4.69) is 30.9 Å². The monoisotopic (exact) mass is 424 g/mol. The first kappa shape index (κ1) is 20.9. The lowest BCUT2D eigenvalue weighted by Gasteiger charge is -2.22. The fourth-order valence-corrected chi connectivity index (χ4v) is 2.99. The van der Waals surface area contributed by atoms with Crippen molar-refractivity contribution in [3.8, 4) is 0 Å². The molecule has 0 saturated heterocycles. The number of hydrogen-bond acceptors (Lipinski definition) is 7. The average molecular weight is 424 g/mol. The molecule has 0 bridgehead atoms. The van der Waals surface area contributed by atoms with Crippen LogP contribution in [0.3, 0.4) is 0 Å². The Hall–Kier alpha value is -3.33. The number of aliphatic hydroxyl groups is 1. The number of amides is 1. The summed E-state index contributed by atoms with van der Waals surface area (Å²) in [5.74, 6) is 0.109. The molecule has 1 aliphatic carbocycles. The van der Waals surface area contributed by atoms with E-state index in [4.69, 9.17) is 0 Å². The predicted molar refractivity (Wildman–Crippen MR) is 117 cm³/mol. The van der Waals surface area contributed by atoms with Crippen LogP contribution in [0.15, 0.2) is 42.9 Å². The van der Waals surface area contributed by atoms with Gasteiger partial charge >= 0.3 is 0 Å². The van der Waals surface area contributed by atoms with Crippen LogP contribution in [0.5, 0.6) is 0 Å². The van der Waals surface area contributed by atoms with Gasteiger partial charge < -0.3 is 21.1 Å². The second kappa shape index (κ2) is 8.43. The molecule has 1 amide bonds. The van der Waals surface area contributed by atoms with Gasteiger partial charge in [-0.1, -0.05) is 0 Å². The maximum Gasteiger partial charge on any atom is 0.255 e. The number of alkyl halides is 1. The van der Waals surface area contributed by atoms with Gasteiger partial charge in [-0.25, -0.2) is 9.37 Å². The lowest BCUT2D eigenvalue weighted by Crippen LogP contribution is -2.42. The number of anilines is 3. The standard InChI is InChI=1S/C22H25FN6O2/c1-22(2,31)19(23)12-27-21(30)15-11-26-20(10-17(15)28-13-3-4-13)29-14-5-6-16-18(9-14)25-8-7-24-16/h5-11,13,19,31H,3-4,12H2,1-2H3,(H,27,30)(H2,26,28,29). The second-order valence-corrected chi connectivity index (χ2v) is 8.25. The second-order valence-electron chi connectivity index (χ2n) is 8.25. The van der Waals surface area contributed by atoms with Gasteiger partial charge in [0, 0.05) is 36.4 Å². The Labute approximate surface area is 179 Å². The topological polar surface area (TPSA) is 112 Å². The molecule has 4 N–H and O–H groups in total. The van der Waals surface area contributed by atoms with E-state index in [1.54, 1.807) is 18.5 Å². The van der Waals surface area contributed by atoms with Crippen molar-refractivity contribution in [3.05, 3.63) is 48.4 Å². The first-order valence-corrected chi connectivity index (χ1v) is 10.2. The molecule has 1 unspecified atom stereocenters. The van der Waals surface area contributed by atoms with Crippen molar-refractivity contribution in [1.82, 2.24) is 20.3 Å². The largest absolute Gasteiger partial charge is 0.387 e. The Morgan fingerprint density at radius 3 is 2.65 bits per heavy atom. The summed E-state index contributed by atoms with van der Waals surface area (Å²) in [7, 11) is 0. The van der Waals surface area contributed by atoms with E-state index in [0.717, 1.165) is 29.6 Å². The zero-order valence-electron chi connectivity index (χ0n) is 17.4. The summed E-state index contributed by atoms with van der Waals surface area (Å²) in [4.78, 5) is 25.5. The smallest absolute Gasteiger partial charge is 0.255 e. The highest BCUT2D eigenvalue weighted by Gasteiger charge is 2.28. The van der Waals surface area contributed by atoms with E-state index in [1.165, 1.54) is 20.0 Å². The van der Waals surface area contributed by atoms with Crippen molar-refractivity contribution < 1.29 is 14.3 Å². The number of hydrogen-bond donors (Lipinski definition) is 4. The first-order chi connectivity index (χ1) is 14.8. The molecule has 3 aromatic rings. The Kier molecular flexibility index (Phi) is 5.69. The highest BCUT2D eigenvalue weighted by Crippen LogP contribution is 2.29. The molecule has 9 heteroatoms. The van der Waals surface area contributed by atoms with E-state index >= 15 is 0 Å². The minimum Gasteiger partial charge on any atom is -0.387 e. The molecular weight excluding hydrogens is 399 g/mol. The number of aromatic nitrogens is 3. The minimum atomic E-state index is -1.58. The van der Waals surface area contributed by atoms with Gasteiger partial charge in [-0.2, -0.15) is 0 Å². The minimum absolute atomic E-state index is 0.288. The summed E-state index contributed by atoms with van der Waals surface area (Å²) in [6.45, 7) is 2.44. The molecule has 1 aliphatic rings. The number of carbonyl (C=O) groups excluding carboxylic acids is 1. The molecule has 4 rings (SSSR count). The van der Waals surface area contributed by atoms with Crippen LogP contribution < -0.4 is 16.0 Å². The summed E-state index contributed by atoms with van der Waals surface area (Å²) < 4.78 is 14.0. The summed E-state index contributed by atoms with van der Waals surface area (Å²) in [6, 6.07) is 7.69. The molecule has 162 valence electrons. The van der Waals surface area contributed by atoms with Gasteiger partial charge in [0.15, 0.2) is 0 Å². The highest BCUT2D eigenvalue weighted by atomic mass is 19.1. The third-order valence-corrected chi connectivity index (χ3v) is 5.04. The normalized spacial score (nSPS) is 14.8. The summed E-state index contributed by atoms with van der Waals surface area (Å²) >= 11 is 0. The van der Waals surface area contributed by atoms with Gasteiger partial charge in [0.25, 0.3) is 5.91 Å². The number of fused-ring (bicyclic) bond motifs is 1. The number of rotatable bonds is 8. The van der Waals surface area contributed by atoms with Gasteiger partial charge in [0.1, 0.15) is 12.0 Å². The van der Waals surface area contributed by atoms with Gasteiger partial charge in [0.2, 0.25) is 0 Å². The third kappa shape index (κ3) is 5.24. The van der Waals surface area contributed by atoms with Gasteiger partial charge in [-0.15, -0.1) is 0 Å². The van der Waals surface area contributed by atoms with Crippen LogP contribution in [0.4, 0.5) is 21.6 Å². The molecule has 0 radical (unpaired) electrons. The Balaban J connectivity index is 1.52. The van der Waals surface area contributed by atoms with Crippen molar-refractivity contribution in [3.63, 3.8) is 0 Å². The number of nitrogens with zero attached hydrogens (tertiary/aromatic N) is 3. The first-order valence-electron chi connectivity index (χ1n) is 10.2. The van der Waals surface area contributed by atoms with Crippen LogP contribution >= 0.6 is 0 Å². The Bertz CT molecular complexity index is 1100. The molecule has 1 aromatic carbocycles. The molecule has 31 heavy (non-hydrogen) atoms. The zero-order chi connectivity index (χ0) is 22.0. The van der Waals surface area contributed by atoms with E-state index in [9.17, 15) is 14.3 Å². The lowest BCUT2D eigenvalue weighted by molar-refractivity contribution is -0.00177. The van der Waals surface area contributed by atoms with Crippen molar-refractivity contribution in [2.75, 3.05) is 17.2 Å². The SMILES string of the molecule is CC(C)(O)C(F)CNC(=O)c1cnc(Nc2ccc3nccnc3c2)cc1NC1CC1. The maximum absolute atomic E-state index is 14.0. The number of pyridine rings is 1. The number of nitrogens with one attached hydrogen (secondary N) is 3. The molecule has 0 aliphatic heterocycles.